The van der Waals surface area contributed by atoms with Gasteiger partial charge >= 0.3 is 6.03 Å². The van der Waals surface area contributed by atoms with E-state index in [1.54, 1.807) is 12.1 Å². The van der Waals surface area contributed by atoms with E-state index < -0.39 is 6.10 Å². The summed E-state index contributed by atoms with van der Waals surface area (Å²) in [6.45, 7) is 10.1. The molecule has 0 aliphatic carbocycles. The van der Waals surface area contributed by atoms with Crippen molar-refractivity contribution in [2.75, 3.05) is 18.4 Å². The Morgan fingerprint density at radius 2 is 2.17 bits per heavy atom. The lowest BCUT2D eigenvalue weighted by atomic mass is 10.0. The molecule has 1 saturated heterocycles. The van der Waals surface area contributed by atoms with Gasteiger partial charge in [0.05, 0.1) is 41.4 Å². The number of likely N-dealkylation sites (tertiary alicyclic amines) is 1. The van der Waals surface area contributed by atoms with E-state index in [9.17, 15) is 15.2 Å². The molecule has 1 aliphatic rings. The molecule has 2 amide bonds. The number of hydrogen-bond donors (Lipinski definition) is 2. The first-order chi connectivity index (χ1) is 14.3. The van der Waals surface area contributed by atoms with E-state index in [4.69, 9.17) is 0 Å². The number of hydrogen-bond acceptors (Lipinski definition) is 6. The fraction of sp³-hybridized carbons (Fsp3) is 0.273. The van der Waals surface area contributed by atoms with Crippen LogP contribution in [0, 0.1) is 11.3 Å². The SMILES string of the molecule is C=C(C)N=C(C)/C=C(\C)c1sc(NC(=O)N2CC(O)C2)nc1-c1cccc(C#N)c1. The lowest BCUT2D eigenvalue weighted by Crippen LogP contribution is -2.54. The topological polar surface area (TPSA) is 102 Å². The number of thiazole rings is 1. The van der Waals surface area contributed by atoms with Gasteiger partial charge in [-0.3, -0.25) is 10.3 Å². The van der Waals surface area contributed by atoms with E-state index in [0.29, 0.717) is 35.2 Å². The number of nitrogens with zero attached hydrogens (tertiary/aromatic N) is 4. The lowest BCUT2D eigenvalue weighted by Gasteiger charge is -2.35. The molecule has 0 saturated carbocycles. The molecule has 1 aromatic heterocycles. The number of benzene rings is 1. The summed E-state index contributed by atoms with van der Waals surface area (Å²) in [5.74, 6) is 0. The Bertz CT molecular complexity index is 1090. The summed E-state index contributed by atoms with van der Waals surface area (Å²) >= 11 is 1.36. The summed E-state index contributed by atoms with van der Waals surface area (Å²) < 4.78 is 0. The summed E-state index contributed by atoms with van der Waals surface area (Å²) in [4.78, 5) is 23.7. The van der Waals surface area contributed by atoms with Crippen molar-refractivity contribution in [3.63, 3.8) is 0 Å². The van der Waals surface area contributed by atoms with Gasteiger partial charge in [-0.1, -0.05) is 30.0 Å². The number of carbonyl (C=O) groups is 1. The Balaban J connectivity index is 1.99. The Morgan fingerprint density at radius 1 is 1.43 bits per heavy atom. The normalized spacial score (nSPS) is 14.8. The number of nitriles is 1. The molecule has 1 aromatic carbocycles. The van der Waals surface area contributed by atoms with E-state index in [-0.39, 0.29) is 6.03 Å². The number of aliphatic hydroxyl groups excluding tert-OH is 1. The van der Waals surface area contributed by atoms with E-state index in [2.05, 4.69) is 27.9 Å². The largest absolute Gasteiger partial charge is 0.389 e. The van der Waals surface area contributed by atoms with E-state index in [1.807, 2.05) is 39.0 Å². The zero-order chi connectivity index (χ0) is 21.8. The molecule has 2 N–H and O–H groups in total. The van der Waals surface area contributed by atoms with Crippen LogP contribution in [0.25, 0.3) is 16.8 Å². The molecule has 3 rings (SSSR count). The van der Waals surface area contributed by atoms with Gasteiger partial charge in [0.1, 0.15) is 0 Å². The van der Waals surface area contributed by atoms with Crippen LogP contribution >= 0.6 is 11.3 Å². The molecule has 8 heteroatoms. The minimum absolute atomic E-state index is 0.292. The van der Waals surface area contributed by atoms with Gasteiger partial charge in [-0.25, -0.2) is 9.78 Å². The number of allylic oxidation sites excluding steroid dienone is 3. The predicted molar refractivity (Wildman–Crippen MR) is 120 cm³/mol. The lowest BCUT2D eigenvalue weighted by molar-refractivity contribution is 0.0309. The number of nitrogens with one attached hydrogen (secondary N) is 1. The molecular formula is C22H23N5O2S. The fourth-order valence-electron chi connectivity index (χ4n) is 3.08. The number of amides is 2. The van der Waals surface area contributed by atoms with E-state index >= 15 is 0 Å². The van der Waals surface area contributed by atoms with Crippen LogP contribution in [0.2, 0.25) is 0 Å². The second kappa shape index (κ2) is 9.03. The highest BCUT2D eigenvalue weighted by Crippen LogP contribution is 2.36. The fourth-order valence-corrected chi connectivity index (χ4v) is 4.03. The molecule has 30 heavy (non-hydrogen) atoms. The highest BCUT2D eigenvalue weighted by molar-refractivity contribution is 7.17. The second-order valence-corrected chi connectivity index (χ2v) is 8.19. The number of aliphatic imine (C=N–C) groups is 1. The van der Waals surface area contributed by atoms with Gasteiger partial charge in [-0.2, -0.15) is 5.26 Å². The van der Waals surface area contributed by atoms with Crippen LogP contribution < -0.4 is 5.32 Å². The molecule has 2 aromatic rings. The average molecular weight is 422 g/mol. The highest BCUT2D eigenvalue weighted by atomic mass is 32.1. The molecule has 1 aliphatic heterocycles. The number of aliphatic hydroxyl groups is 1. The van der Waals surface area contributed by atoms with Crippen molar-refractivity contribution in [2.24, 2.45) is 4.99 Å². The van der Waals surface area contributed by atoms with Crippen molar-refractivity contribution >= 4 is 33.8 Å². The van der Waals surface area contributed by atoms with Crippen LogP contribution in [0.15, 0.2) is 47.6 Å². The number of rotatable bonds is 5. The molecule has 2 heterocycles. The Kier molecular flexibility index (Phi) is 6.45. The van der Waals surface area contributed by atoms with Gasteiger partial charge in [0.25, 0.3) is 0 Å². The molecule has 0 unspecified atom stereocenters. The van der Waals surface area contributed by atoms with Gasteiger partial charge < -0.3 is 10.0 Å². The molecule has 0 atom stereocenters. The van der Waals surface area contributed by atoms with Crippen molar-refractivity contribution in [3.05, 3.63) is 53.1 Å². The van der Waals surface area contributed by atoms with Crippen LogP contribution in [-0.4, -0.2) is 45.9 Å². The molecule has 0 radical (unpaired) electrons. The summed E-state index contributed by atoms with van der Waals surface area (Å²) in [5.41, 5.74) is 4.48. The van der Waals surface area contributed by atoms with Gasteiger partial charge in [-0.05, 0) is 44.6 Å². The van der Waals surface area contributed by atoms with Crippen molar-refractivity contribution in [1.29, 1.82) is 5.26 Å². The molecular weight excluding hydrogens is 398 g/mol. The smallest absolute Gasteiger partial charge is 0.323 e. The first-order valence-electron chi connectivity index (χ1n) is 9.41. The maximum absolute atomic E-state index is 12.4. The van der Waals surface area contributed by atoms with Gasteiger partial charge in [0, 0.05) is 17.0 Å². The maximum Gasteiger partial charge on any atom is 0.323 e. The van der Waals surface area contributed by atoms with Crippen LogP contribution in [0.3, 0.4) is 0 Å². The molecule has 7 nitrogen and oxygen atoms in total. The van der Waals surface area contributed by atoms with Gasteiger partial charge in [0.15, 0.2) is 5.13 Å². The third-order valence-corrected chi connectivity index (χ3v) is 5.51. The minimum atomic E-state index is -0.465. The highest BCUT2D eigenvalue weighted by Gasteiger charge is 2.29. The van der Waals surface area contributed by atoms with Crippen LogP contribution in [-0.2, 0) is 0 Å². The zero-order valence-corrected chi connectivity index (χ0v) is 18.0. The van der Waals surface area contributed by atoms with Crippen LogP contribution in [0.4, 0.5) is 9.93 Å². The summed E-state index contributed by atoms with van der Waals surface area (Å²) in [6.07, 6.45) is 1.48. The standard InChI is InChI=1S/C22H23N5O2S/c1-13(2)24-15(4)8-14(3)20-19(17-7-5-6-16(9-17)10-23)25-21(30-20)26-22(29)27-11-18(28)12-27/h5-9,18,28H,1,11-12H2,2-4H3,(H,25,26,29)/b14-8+,24-15?. The maximum atomic E-state index is 12.4. The predicted octanol–water partition coefficient (Wildman–Crippen LogP) is 4.29. The van der Waals surface area contributed by atoms with Crippen molar-refractivity contribution < 1.29 is 9.90 Å². The second-order valence-electron chi connectivity index (χ2n) is 7.19. The Labute approximate surface area is 179 Å². The average Bonchev–Trinajstić information content (AvgIpc) is 3.08. The van der Waals surface area contributed by atoms with Crippen LogP contribution in [0.1, 0.15) is 31.2 Å². The summed E-state index contributed by atoms with van der Waals surface area (Å²) in [7, 11) is 0. The van der Waals surface area contributed by atoms with E-state index in [1.165, 1.54) is 16.2 Å². The monoisotopic (exact) mass is 421 g/mol. The molecule has 0 bridgehead atoms. The van der Waals surface area contributed by atoms with Crippen molar-refractivity contribution in [2.45, 2.75) is 26.9 Å². The first kappa shape index (κ1) is 21.4. The Morgan fingerprint density at radius 3 is 2.80 bits per heavy atom. The number of aromatic nitrogens is 1. The van der Waals surface area contributed by atoms with Crippen molar-refractivity contribution in [1.82, 2.24) is 9.88 Å². The van der Waals surface area contributed by atoms with Crippen molar-refractivity contribution in [3.8, 4) is 17.3 Å². The zero-order valence-electron chi connectivity index (χ0n) is 17.1. The Hall–Kier alpha value is -3.28. The van der Waals surface area contributed by atoms with Crippen LogP contribution in [0.5, 0.6) is 0 Å². The van der Waals surface area contributed by atoms with Gasteiger partial charge in [0.2, 0.25) is 0 Å². The van der Waals surface area contributed by atoms with E-state index in [0.717, 1.165) is 21.7 Å². The molecule has 0 spiro atoms. The summed E-state index contributed by atoms with van der Waals surface area (Å²) in [6, 6.07) is 9.06. The number of urea groups is 1. The minimum Gasteiger partial charge on any atom is -0.389 e. The molecule has 1 fully saturated rings. The molecule has 154 valence electrons. The van der Waals surface area contributed by atoms with Gasteiger partial charge in [-0.15, -0.1) is 0 Å². The third kappa shape index (κ3) is 5.00. The number of carbonyl (C=O) groups excluding carboxylic acids is 1. The number of anilines is 1. The third-order valence-electron chi connectivity index (χ3n) is 4.41. The number of β-amino-alcohol motifs (C(OH)–C–C–N with tert-alkyl or cyclic N) is 1. The summed E-state index contributed by atoms with van der Waals surface area (Å²) in [5, 5.41) is 21.9. The quantitative estimate of drug-likeness (QED) is 0.703. The first-order valence-corrected chi connectivity index (χ1v) is 10.2.